The zero-order valence-corrected chi connectivity index (χ0v) is 8.49. The van der Waals surface area contributed by atoms with Gasteiger partial charge in [0.1, 0.15) is 0 Å². The first-order valence-corrected chi connectivity index (χ1v) is 4.12. The van der Waals surface area contributed by atoms with Crippen LogP contribution in [0.15, 0.2) is 5.10 Å². The van der Waals surface area contributed by atoms with Crippen molar-refractivity contribution in [3.05, 3.63) is 0 Å². The smallest absolute Gasteiger partial charge is 0.427 e. The van der Waals surface area contributed by atoms with Crippen LogP contribution in [0.5, 0.6) is 0 Å². The average molecular weight is 202 g/mol. The van der Waals surface area contributed by atoms with E-state index in [0.29, 0.717) is 12.3 Å². The average Bonchev–Trinajstić information content (AvgIpc) is 2.14. The molecule has 0 bridgehead atoms. The Morgan fingerprint density at radius 3 is 2.57 bits per heavy atom. The van der Waals surface area contributed by atoms with Gasteiger partial charge in [0, 0.05) is 5.71 Å². The van der Waals surface area contributed by atoms with Crippen LogP contribution >= 0.6 is 0 Å². The van der Waals surface area contributed by atoms with Crippen molar-refractivity contribution >= 4 is 17.8 Å². The van der Waals surface area contributed by atoms with Gasteiger partial charge < -0.3 is 9.47 Å². The van der Waals surface area contributed by atoms with Crippen LogP contribution in [0.25, 0.3) is 0 Å². The first-order valence-electron chi connectivity index (χ1n) is 4.12. The first-order chi connectivity index (χ1) is 6.60. The topological polar surface area (TPSA) is 77.0 Å². The van der Waals surface area contributed by atoms with E-state index in [9.17, 15) is 9.59 Å². The molecule has 80 valence electrons. The largest absolute Gasteiger partial charge is 0.466 e. The van der Waals surface area contributed by atoms with Gasteiger partial charge in [-0.1, -0.05) is 0 Å². The summed E-state index contributed by atoms with van der Waals surface area (Å²) in [7, 11) is 1.23. The van der Waals surface area contributed by atoms with Crippen molar-refractivity contribution < 1.29 is 19.1 Å². The van der Waals surface area contributed by atoms with Crippen molar-refractivity contribution in [1.29, 1.82) is 0 Å². The van der Waals surface area contributed by atoms with Crippen molar-refractivity contribution in [1.82, 2.24) is 5.43 Å². The van der Waals surface area contributed by atoms with Crippen LogP contribution in [0.2, 0.25) is 0 Å². The van der Waals surface area contributed by atoms with Crippen molar-refractivity contribution in [3.63, 3.8) is 0 Å². The molecule has 0 saturated carbocycles. The minimum atomic E-state index is -0.673. The number of carbonyl (C=O) groups is 2. The summed E-state index contributed by atoms with van der Waals surface area (Å²) in [5.41, 5.74) is 2.55. The third kappa shape index (κ3) is 5.99. The minimum Gasteiger partial charge on any atom is -0.466 e. The zero-order valence-electron chi connectivity index (χ0n) is 8.49. The van der Waals surface area contributed by atoms with Gasteiger partial charge in [0.25, 0.3) is 0 Å². The third-order valence-corrected chi connectivity index (χ3v) is 1.23. The van der Waals surface area contributed by atoms with Crippen LogP contribution in [-0.4, -0.2) is 31.5 Å². The number of nitrogens with zero attached hydrogens (tertiary/aromatic N) is 1. The maximum absolute atomic E-state index is 10.9. The highest BCUT2D eigenvalue weighted by Crippen LogP contribution is 1.89. The predicted molar refractivity (Wildman–Crippen MR) is 49.9 cm³/mol. The van der Waals surface area contributed by atoms with Gasteiger partial charge in [-0.25, -0.2) is 10.2 Å². The fraction of sp³-hybridized carbons (Fsp3) is 0.625. The molecule has 0 atom stereocenters. The fourth-order valence-electron chi connectivity index (χ4n) is 0.647. The Morgan fingerprint density at radius 2 is 2.07 bits per heavy atom. The van der Waals surface area contributed by atoms with Gasteiger partial charge in [-0.05, 0) is 13.8 Å². The van der Waals surface area contributed by atoms with E-state index in [0.717, 1.165) is 0 Å². The maximum atomic E-state index is 10.9. The molecule has 0 aromatic rings. The summed E-state index contributed by atoms with van der Waals surface area (Å²) in [6, 6.07) is 0. The molecule has 0 unspecified atom stereocenters. The maximum Gasteiger partial charge on any atom is 0.427 e. The van der Waals surface area contributed by atoms with Gasteiger partial charge in [-0.3, -0.25) is 4.79 Å². The molecule has 0 aliphatic rings. The molecule has 0 saturated heterocycles. The number of hydrogen-bond donors (Lipinski definition) is 1. The number of esters is 1. The number of methoxy groups -OCH3 is 1. The van der Waals surface area contributed by atoms with Crippen LogP contribution in [-0.2, 0) is 14.3 Å². The number of hydrogen-bond acceptors (Lipinski definition) is 5. The molecule has 0 aromatic heterocycles. The fourth-order valence-corrected chi connectivity index (χ4v) is 0.647. The number of rotatable bonds is 4. The Kier molecular flexibility index (Phi) is 6.09. The second-order valence-electron chi connectivity index (χ2n) is 2.43. The molecule has 0 rings (SSSR count). The highest BCUT2D eigenvalue weighted by atomic mass is 16.5. The Balaban J connectivity index is 3.88. The number of nitrogens with one attached hydrogen (secondary N) is 1. The second-order valence-corrected chi connectivity index (χ2v) is 2.43. The molecular weight excluding hydrogens is 188 g/mol. The van der Waals surface area contributed by atoms with Crippen LogP contribution in [0.3, 0.4) is 0 Å². The standard InChI is InChI=1S/C8H14N2O4/c1-4-14-7(11)5-6(2)9-10-8(12)13-3/h4-5H2,1-3H3,(H,10,12)/b9-6+. The molecule has 6 heteroatoms. The summed E-state index contributed by atoms with van der Waals surface area (Å²) in [6.45, 7) is 3.65. The van der Waals surface area contributed by atoms with Crippen LogP contribution in [0, 0.1) is 0 Å². The van der Waals surface area contributed by atoms with E-state index in [2.05, 4.69) is 20.0 Å². The van der Waals surface area contributed by atoms with Crippen molar-refractivity contribution in [2.45, 2.75) is 20.3 Å². The summed E-state index contributed by atoms with van der Waals surface area (Å²) in [5.74, 6) is -0.375. The lowest BCUT2D eigenvalue weighted by Gasteiger charge is -2.01. The Hall–Kier alpha value is -1.59. The zero-order chi connectivity index (χ0) is 11.0. The summed E-state index contributed by atoms with van der Waals surface area (Å²) < 4.78 is 8.96. The quantitative estimate of drug-likeness (QED) is 0.413. The summed E-state index contributed by atoms with van der Waals surface area (Å²) in [4.78, 5) is 21.5. The van der Waals surface area contributed by atoms with Gasteiger partial charge in [-0.2, -0.15) is 5.10 Å². The lowest BCUT2D eigenvalue weighted by atomic mass is 10.3. The second kappa shape index (κ2) is 6.88. The molecule has 0 aliphatic heterocycles. The Morgan fingerprint density at radius 1 is 1.43 bits per heavy atom. The monoisotopic (exact) mass is 202 g/mol. The van der Waals surface area contributed by atoms with Gasteiger partial charge in [0.15, 0.2) is 0 Å². The van der Waals surface area contributed by atoms with E-state index in [1.54, 1.807) is 13.8 Å². The first kappa shape index (κ1) is 12.4. The van der Waals surface area contributed by atoms with Gasteiger partial charge in [0.05, 0.1) is 20.1 Å². The predicted octanol–water partition coefficient (Wildman–Crippen LogP) is 0.671. The highest BCUT2D eigenvalue weighted by molar-refractivity contribution is 5.97. The summed E-state index contributed by atoms with van der Waals surface area (Å²) in [5, 5.41) is 3.61. The van der Waals surface area contributed by atoms with Crippen LogP contribution in [0.1, 0.15) is 20.3 Å². The third-order valence-electron chi connectivity index (χ3n) is 1.23. The molecule has 0 aliphatic carbocycles. The van der Waals surface area contributed by atoms with E-state index in [-0.39, 0.29) is 12.4 Å². The van der Waals surface area contributed by atoms with Crippen LogP contribution in [0.4, 0.5) is 4.79 Å². The molecule has 1 N–H and O–H groups in total. The SMILES string of the molecule is CCOC(=O)C/C(C)=N/NC(=O)OC. The minimum absolute atomic E-state index is 0.0534. The summed E-state index contributed by atoms with van der Waals surface area (Å²) >= 11 is 0. The number of ether oxygens (including phenoxy) is 2. The molecule has 6 nitrogen and oxygen atoms in total. The number of hydrazone groups is 1. The van der Waals surface area contributed by atoms with Crippen molar-refractivity contribution in [2.75, 3.05) is 13.7 Å². The highest BCUT2D eigenvalue weighted by Gasteiger charge is 2.04. The molecule has 1 amide bonds. The normalized spacial score (nSPS) is 10.6. The van der Waals surface area contributed by atoms with Crippen molar-refractivity contribution in [3.8, 4) is 0 Å². The molecule has 0 aromatic carbocycles. The molecule has 14 heavy (non-hydrogen) atoms. The van der Waals surface area contributed by atoms with Gasteiger partial charge in [0.2, 0.25) is 0 Å². The Bertz CT molecular complexity index is 237. The molecule has 0 spiro atoms. The van der Waals surface area contributed by atoms with E-state index >= 15 is 0 Å². The summed E-state index contributed by atoms with van der Waals surface area (Å²) in [6.07, 6.45) is -0.620. The van der Waals surface area contributed by atoms with Gasteiger partial charge in [-0.15, -0.1) is 0 Å². The Labute approximate surface area is 82.3 Å². The van der Waals surface area contributed by atoms with E-state index in [1.807, 2.05) is 0 Å². The van der Waals surface area contributed by atoms with Crippen LogP contribution < -0.4 is 5.43 Å². The molecule has 0 radical (unpaired) electrons. The van der Waals surface area contributed by atoms with Crippen molar-refractivity contribution in [2.24, 2.45) is 5.10 Å². The lowest BCUT2D eigenvalue weighted by Crippen LogP contribution is -2.19. The number of amides is 1. The van der Waals surface area contributed by atoms with E-state index in [4.69, 9.17) is 0 Å². The molecule has 0 heterocycles. The number of carbonyl (C=O) groups excluding carboxylic acids is 2. The van der Waals surface area contributed by atoms with E-state index in [1.165, 1.54) is 7.11 Å². The van der Waals surface area contributed by atoms with E-state index < -0.39 is 6.09 Å². The lowest BCUT2D eigenvalue weighted by molar-refractivity contribution is -0.141. The molecular formula is C8H14N2O4. The molecule has 0 fully saturated rings. The van der Waals surface area contributed by atoms with Gasteiger partial charge >= 0.3 is 12.1 Å².